The maximum Gasteiger partial charge on any atom is 0.409 e. The molecule has 92 valence electrons. The van der Waals surface area contributed by atoms with E-state index in [4.69, 9.17) is 9.84 Å². The molecule has 2 N–H and O–H groups in total. The number of aliphatic hydroxyl groups excluding tert-OH is 1. The average Bonchev–Trinajstić information content (AvgIpc) is 2.28. The van der Waals surface area contributed by atoms with Crippen molar-refractivity contribution in [1.29, 1.82) is 0 Å². The molecule has 1 fully saturated rings. The summed E-state index contributed by atoms with van der Waals surface area (Å²) in [5.41, 5.74) is 0. The number of hydrogen-bond acceptors (Lipinski definition) is 4. The van der Waals surface area contributed by atoms with Gasteiger partial charge in [0.05, 0.1) is 6.61 Å². The number of aliphatic carboxylic acids is 1. The highest BCUT2D eigenvalue weighted by atomic mass is 16.6. The van der Waals surface area contributed by atoms with E-state index in [1.807, 2.05) is 0 Å². The number of carboxylic acids is 1. The molecule has 0 aromatic rings. The van der Waals surface area contributed by atoms with E-state index < -0.39 is 12.1 Å². The number of rotatable bonds is 3. The number of likely N-dealkylation sites (tertiary alicyclic amines) is 1. The van der Waals surface area contributed by atoms with Gasteiger partial charge in [-0.05, 0) is 25.7 Å². The third kappa shape index (κ3) is 3.10. The van der Waals surface area contributed by atoms with E-state index in [-0.39, 0.29) is 12.0 Å². The smallest absolute Gasteiger partial charge is 0.409 e. The fourth-order valence-electron chi connectivity index (χ4n) is 1.81. The lowest BCUT2D eigenvalue weighted by Crippen LogP contribution is -2.43. The second-order valence-corrected chi connectivity index (χ2v) is 3.81. The van der Waals surface area contributed by atoms with Crippen LogP contribution in [0.2, 0.25) is 0 Å². The molecule has 1 rings (SSSR count). The molecule has 0 aromatic heterocycles. The third-order valence-electron chi connectivity index (χ3n) is 2.77. The molecule has 0 aliphatic carbocycles. The maximum absolute atomic E-state index is 11.3. The van der Waals surface area contributed by atoms with Gasteiger partial charge in [-0.2, -0.15) is 0 Å². The van der Waals surface area contributed by atoms with Crippen LogP contribution in [0.4, 0.5) is 4.79 Å². The van der Waals surface area contributed by atoms with Crippen LogP contribution < -0.4 is 0 Å². The van der Waals surface area contributed by atoms with Crippen LogP contribution in [0, 0.1) is 5.92 Å². The lowest BCUT2D eigenvalue weighted by molar-refractivity contribution is -0.150. The molecule has 0 spiro atoms. The van der Waals surface area contributed by atoms with Crippen LogP contribution in [0.15, 0.2) is 0 Å². The van der Waals surface area contributed by atoms with Gasteiger partial charge in [0, 0.05) is 13.1 Å². The van der Waals surface area contributed by atoms with Crippen LogP contribution in [0.5, 0.6) is 0 Å². The molecule has 1 aliphatic heterocycles. The van der Waals surface area contributed by atoms with Crippen molar-refractivity contribution in [2.75, 3.05) is 19.7 Å². The van der Waals surface area contributed by atoms with Crippen LogP contribution in [0.25, 0.3) is 0 Å². The topological polar surface area (TPSA) is 87.1 Å². The lowest BCUT2D eigenvalue weighted by atomic mass is 9.91. The summed E-state index contributed by atoms with van der Waals surface area (Å²) in [6.45, 7) is 2.94. The molecule has 6 nitrogen and oxygen atoms in total. The fraction of sp³-hybridized carbons (Fsp3) is 0.800. The van der Waals surface area contributed by atoms with Crippen LogP contribution in [-0.4, -0.2) is 53.0 Å². The number of piperidine rings is 1. The average molecular weight is 231 g/mol. The molecular formula is C10H17NO5. The van der Waals surface area contributed by atoms with Crippen LogP contribution in [0.1, 0.15) is 19.8 Å². The normalized spacial score (nSPS) is 19.2. The second kappa shape index (κ2) is 5.69. The van der Waals surface area contributed by atoms with Crippen molar-refractivity contribution in [2.45, 2.75) is 25.9 Å². The molecule has 1 atom stereocenters. The van der Waals surface area contributed by atoms with Crippen molar-refractivity contribution in [3.05, 3.63) is 0 Å². The Morgan fingerprint density at radius 3 is 2.44 bits per heavy atom. The summed E-state index contributed by atoms with van der Waals surface area (Å²) in [4.78, 5) is 23.4. The van der Waals surface area contributed by atoms with Gasteiger partial charge in [-0.15, -0.1) is 0 Å². The Kier molecular flexibility index (Phi) is 4.54. The Balaban J connectivity index is 2.39. The first-order valence-electron chi connectivity index (χ1n) is 5.38. The highest BCUT2D eigenvalue weighted by Gasteiger charge is 2.31. The van der Waals surface area contributed by atoms with Gasteiger partial charge in [-0.1, -0.05) is 0 Å². The van der Waals surface area contributed by atoms with Crippen molar-refractivity contribution in [3.8, 4) is 0 Å². The van der Waals surface area contributed by atoms with E-state index in [0.717, 1.165) is 0 Å². The molecule has 1 heterocycles. The Bertz CT molecular complexity index is 260. The second-order valence-electron chi connectivity index (χ2n) is 3.81. The zero-order valence-corrected chi connectivity index (χ0v) is 9.26. The zero-order chi connectivity index (χ0) is 12.1. The highest BCUT2D eigenvalue weighted by Crippen LogP contribution is 2.21. The summed E-state index contributed by atoms with van der Waals surface area (Å²) < 4.78 is 4.83. The molecule has 0 radical (unpaired) electrons. The van der Waals surface area contributed by atoms with Crippen LogP contribution >= 0.6 is 0 Å². The maximum atomic E-state index is 11.3. The van der Waals surface area contributed by atoms with Gasteiger partial charge in [0.15, 0.2) is 6.10 Å². The number of carbonyl (C=O) groups is 2. The Morgan fingerprint density at radius 2 is 2.00 bits per heavy atom. The minimum atomic E-state index is -1.33. The Hall–Kier alpha value is -1.30. The molecule has 1 unspecified atom stereocenters. The van der Waals surface area contributed by atoms with Gasteiger partial charge in [0.2, 0.25) is 0 Å². The Morgan fingerprint density at radius 1 is 1.44 bits per heavy atom. The number of amides is 1. The van der Waals surface area contributed by atoms with Crippen LogP contribution in [-0.2, 0) is 9.53 Å². The van der Waals surface area contributed by atoms with E-state index in [1.54, 1.807) is 6.92 Å². The van der Waals surface area contributed by atoms with Gasteiger partial charge in [-0.25, -0.2) is 9.59 Å². The molecule has 0 saturated carbocycles. The number of hydrogen-bond donors (Lipinski definition) is 2. The van der Waals surface area contributed by atoms with Gasteiger partial charge in [0.1, 0.15) is 0 Å². The molecule has 1 aliphatic rings. The molecule has 1 saturated heterocycles. The van der Waals surface area contributed by atoms with E-state index in [1.165, 1.54) is 4.90 Å². The fourth-order valence-corrected chi connectivity index (χ4v) is 1.81. The predicted molar refractivity (Wildman–Crippen MR) is 55.0 cm³/mol. The summed E-state index contributed by atoms with van der Waals surface area (Å²) in [6.07, 6.45) is -0.714. The number of nitrogens with zero attached hydrogens (tertiary/aromatic N) is 1. The monoisotopic (exact) mass is 231 g/mol. The van der Waals surface area contributed by atoms with Crippen molar-refractivity contribution < 1.29 is 24.5 Å². The summed E-state index contributed by atoms with van der Waals surface area (Å²) in [7, 11) is 0. The minimum Gasteiger partial charge on any atom is -0.479 e. The number of carboxylic acid groups (broad SMARTS) is 1. The lowest BCUT2D eigenvalue weighted by Gasteiger charge is -2.32. The largest absolute Gasteiger partial charge is 0.479 e. The summed E-state index contributed by atoms with van der Waals surface area (Å²) in [5, 5.41) is 18.0. The molecule has 1 amide bonds. The first-order chi connectivity index (χ1) is 7.56. The Labute approximate surface area is 93.8 Å². The van der Waals surface area contributed by atoms with Gasteiger partial charge < -0.3 is 19.8 Å². The minimum absolute atomic E-state index is 0.275. The van der Waals surface area contributed by atoms with Crippen molar-refractivity contribution in [2.24, 2.45) is 5.92 Å². The van der Waals surface area contributed by atoms with Gasteiger partial charge in [0.25, 0.3) is 0 Å². The molecular weight excluding hydrogens is 214 g/mol. The first-order valence-corrected chi connectivity index (χ1v) is 5.38. The summed E-state index contributed by atoms with van der Waals surface area (Å²) >= 11 is 0. The standard InChI is InChI=1S/C10H17NO5/c1-2-16-10(15)11-5-3-7(4-6-11)8(12)9(13)14/h7-8,12H,2-6H2,1H3,(H,13,14). The van der Waals surface area contributed by atoms with Gasteiger partial charge >= 0.3 is 12.1 Å². The molecule has 6 heteroatoms. The summed E-state index contributed by atoms with van der Waals surface area (Å²) in [6, 6.07) is 0. The van der Waals surface area contributed by atoms with Crippen molar-refractivity contribution in [3.63, 3.8) is 0 Å². The molecule has 0 bridgehead atoms. The predicted octanol–water partition coefficient (Wildman–Crippen LogP) is 0.300. The molecule has 0 aromatic carbocycles. The van der Waals surface area contributed by atoms with E-state index in [2.05, 4.69) is 0 Å². The van der Waals surface area contributed by atoms with E-state index >= 15 is 0 Å². The first kappa shape index (κ1) is 12.8. The van der Waals surface area contributed by atoms with Crippen molar-refractivity contribution in [1.82, 2.24) is 4.90 Å². The van der Waals surface area contributed by atoms with E-state index in [9.17, 15) is 14.7 Å². The van der Waals surface area contributed by atoms with Crippen LogP contribution in [0.3, 0.4) is 0 Å². The number of ether oxygens (including phenoxy) is 1. The zero-order valence-electron chi connectivity index (χ0n) is 9.26. The quantitative estimate of drug-likeness (QED) is 0.729. The third-order valence-corrected chi connectivity index (χ3v) is 2.77. The highest BCUT2D eigenvalue weighted by molar-refractivity contribution is 5.72. The molecule has 16 heavy (non-hydrogen) atoms. The number of aliphatic hydroxyl groups is 1. The summed E-state index contributed by atoms with van der Waals surface area (Å²) in [5.74, 6) is -1.47. The SMILES string of the molecule is CCOC(=O)N1CCC(C(O)C(=O)O)CC1. The van der Waals surface area contributed by atoms with Crippen molar-refractivity contribution >= 4 is 12.1 Å². The van der Waals surface area contributed by atoms with Gasteiger partial charge in [-0.3, -0.25) is 0 Å². The van der Waals surface area contributed by atoms with E-state index in [0.29, 0.717) is 32.5 Å². The number of carbonyl (C=O) groups excluding carboxylic acids is 1.